The number of fused-ring (bicyclic) bond motifs is 1. The molecule has 0 unspecified atom stereocenters. The molecule has 3 aromatic rings. The zero-order valence-electron chi connectivity index (χ0n) is 18.6. The van der Waals surface area contributed by atoms with E-state index in [2.05, 4.69) is 22.9 Å². The average molecular weight is 428 g/mol. The van der Waals surface area contributed by atoms with Crippen LogP contribution in [0.25, 0.3) is 0 Å². The van der Waals surface area contributed by atoms with Crippen LogP contribution in [0.1, 0.15) is 64.9 Å². The largest absolute Gasteiger partial charge is 0.350 e. The maximum Gasteiger partial charge on any atom is 0.254 e. The number of benzene rings is 1. The molecule has 1 fully saturated rings. The molecular weight excluding hydrogens is 398 g/mol. The summed E-state index contributed by atoms with van der Waals surface area (Å²) in [6.07, 6.45) is 6.93. The highest BCUT2D eigenvalue weighted by Crippen LogP contribution is 2.34. The molecule has 6 heteroatoms. The lowest BCUT2D eigenvalue weighted by molar-refractivity contribution is 0.0599. The van der Waals surface area contributed by atoms with Gasteiger partial charge in [-0.1, -0.05) is 24.3 Å². The maximum absolute atomic E-state index is 13.3. The predicted molar refractivity (Wildman–Crippen MR) is 124 cm³/mol. The number of hydrogen-bond donors (Lipinski definition) is 0. The Bertz CT molecular complexity index is 1090. The van der Waals surface area contributed by atoms with Crippen molar-refractivity contribution in [2.75, 3.05) is 18.0 Å². The van der Waals surface area contributed by atoms with E-state index in [9.17, 15) is 4.79 Å². The second-order valence-electron chi connectivity index (χ2n) is 8.69. The topological polar surface area (TPSA) is 62.2 Å². The van der Waals surface area contributed by atoms with Gasteiger partial charge in [0.2, 0.25) is 0 Å². The number of aryl methyl sites for hydroxylation is 1. The number of nitrogens with zero attached hydrogens (tertiary/aromatic N) is 5. The van der Waals surface area contributed by atoms with Crippen molar-refractivity contribution in [3.63, 3.8) is 0 Å². The first-order valence-corrected chi connectivity index (χ1v) is 11.6. The lowest BCUT2D eigenvalue weighted by atomic mass is 9.98. The third-order valence-electron chi connectivity index (χ3n) is 6.53. The van der Waals surface area contributed by atoms with Crippen LogP contribution in [0.15, 0.2) is 54.7 Å². The molecule has 32 heavy (non-hydrogen) atoms. The van der Waals surface area contributed by atoms with Gasteiger partial charge in [0, 0.05) is 36.1 Å². The smallest absolute Gasteiger partial charge is 0.254 e. The summed E-state index contributed by atoms with van der Waals surface area (Å²) in [4.78, 5) is 32.2. The first kappa shape index (κ1) is 20.6. The molecule has 0 radical (unpaired) electrons. The van der Waals surface area contributed by atoms with E-state index >= 15 is 0 Å². The summed E-state index contributed by atoms with van der Waals surface area (Å²) in [6, 6.07) is 15.5. The third-order valence-corrected chi connectivity index (χ3v) is 6.53. The monoisotopic (exact) mass is 427 g/mol. The van der Waals surface area contributed by atoms with E-state index in [-0.39, 0.29) is 11.9 Å². The van der Waals surface area contributed by atoms with Crippen LogP contribution < -0.4 is 4.90 Å². The Morgan fingerprint density at radius 1 is 1.00 bits per heavy atom. The molecule has 1 amide bonds. The van der Waals surface area contributed by atoms with Gasteiger partial charge in [-0.3, -0.25) is 9.78 Å². The fourth-order valence-corrected chi connectivity index (χ4v) is 4.89. The van der Waals surface area contributed by atoms with Crippen molar-refractivity contribution in [2.45, 2.75) is 51.6 Å². The number of rotatable bonds is 4. The fourth-order valence-electron chi connectivity index (χ4n) is 4.89. The minimum Gasteiger partial charge on any atom is -0.350 e. The Morgan fingerprint density at radius 3 is 2.66 bits per heavy atom. The highest BCUT2D eigenvalue weighted by atomic mass is 16.2. The molecular formula is C26H29N5O. The summed E-state index contributed by atoms with van der Waals surface area (Å²) in [5.41, 5.74) is 4.03. The van der Waals surface area contributed by atoms with Crippen molar-refractivity contribution in [3.8, 4) is 0 Å². The van der Waals surface area contributed by atoms with Gasteiger partial charge in [-0.2, -0.15) is 0 Å². The molecule has 0 spiro atoms. The second-order valence-corrected chi connectivity index (χ2v) is 8.69. The Balaban J connectivity index is 1.48. The molecule has 2 aliphatic rings. The molecule has 0 N–H and O–H groups in total. The van der Waals surface area contributed by atoms with Gasteiger partial charge in [-0.25, -0.2) is 9.97 Å². The molecule has 0 aliphatic carbocycles. The zero-order valence-corrected chi connectivity index (χ0v) is 18.6. The molecule has 0 bridgehead atoms. The summed E-state index contributed by atoms with van der Waals surface area (Å²) < 4.78 is 0. The Labute approximate surface area is 189 Å². The van der Waals surface area contributed by atoms with Crippen molar-refractivity contribution in [1.29, 1.82) is 0 Å². The van der Waals surface area contributed by atoms with Crippen molar-refractivity contribution >= 4 is 11.7 Å². The van der Waals surface area contributed by atoms with Gasteiger partial charge in [-0.15, -0.1) is 0 Å². The molecule has 6 nitrogen and oxygen atoms in total. The molecule has 164 valence electrons. The van der Waals surface area contributed by atoms with Crippen LogP contribution in [-0.2, 0) is 13.0 Å². The van der Waals surface area contributed by atoms with E-state index in [0.29, 0.717) is 0 Å². The maximum atomic E-state index is 13.3. The standard InChI is InChI=1S/C26H29N5O/c1-19-22-13-9-16-30(18-21-12-5-7-15-27-21)25(22)29-24(28-19)23-14-6-8-17-31(23)26(32)20-10-3-2-4-11-20/h2-5,7,10-12,15,23H,6,8-9,13-14,16-18H2,1H3/t23-/m0/s1. The highest BCUT2D eigenvalue weighted by Gasteiger charge is 2.32. The summed E-state index contributed by atoms with van der Waals surface area (Å²) in [5, 5.41) is 0. The first-order chi connectivity index (χ1) is 15.7. The lowest BCUT2D eigenvalue weighted by Gasteiger charge is -2.36. The molecule has 2 aliphatic heterocycles. The summed E-state index contributed by atoms with van der Waals surface area (Å²) >= 11 is 0. The van der Waals surface area contributed by atoms with Crippen LogP contribution in [0.3, 0.4) is 0 Å². The molecule has 1 aromatic carbocycles. The van der Waals surface area contributed by atoms with Crippen LogP contribution >= 0.6 is 0 Å². The SMILES string of the molecule is Cc1nc([C@@H]2CCCCN2C(=O)c2ccccc2)nc2c1CCCN2Cc1ccccn1. The number of pyridine rings is 1. The minimum atomic E-state index is -0.0842. The number of amides is 1. The molecule has 1 atom stereocenters. The predicted octanol–water partition coefficient (Wildman–Crippen LogP) is 4.50. The first-order valence-electron chi connectivity index (χ1n) is 11.6. The molecule has 1 saturated heterocycles. The van der Waals surface area contributed by atoms with E-state index in [0.717, 1.165) is 80.3 Å². The average Bonchev–Trinajstić information content (AvgIpc) is 2.85. The van der Waals surface area contributed by atoms with E-state index in [1.165, 1.54) is 5.56 Å². The summed E-state index contributed by atoms with van der Waals surface area (Å²) in [5.74, 6) is 1.86. The van der Waals surface area contributed by atoms with Crippen molar-refractivity contribution in [2.24, 2.45) is 0 Å². The van der Waals surface area contributed by atoms with E-state index in [1.807, 2.05) is 53.6 Å². The Hall–Kier alpha value is -3.28. The van der Waals surface area contributed by atoms with Crippen LogP contribution in [0.4, 0.5) is 5.82 Å². The van der Waals surface area contributed by atoms with E-state index in [4.69, 9.17) is 9.97 Å². The number of likely N-dealkylation sites (tertiary alicyclic amines) is 1. The second kappa shape index (κ2) is 9.07. The zero-order chi connectivity index (χ0) is 21.9. The number of aromatic nitrogens is 3. The number of anilines is 1. The third kappa shape index (κ3) is 4.09. The number of carbonyl (C=O) groups is 1. The quantitative estimate of drug-likeness (QED) is 0.613. The lowest BCUT2D eigenvalue weighted by Crippen LogP contribution is -2.40. The van der Waals surface area contributed by atoms with Gasteiger partial charge < -0.3 is 9.80 Å². The van der Waals surface area contributed by atoms with Crippen LogP contribution in [-0.4, -0.2) is 38.8 Å². The molecule has 2 aromatic heterocycles. The molecule has 0 saturated carbocycles. The fraction of sp³-hybridized carbons (Fsp3) is 0.385. The van der Waals surface area contributed by atoms with Crippen molar-refractivity contribution < 1.29 is 4.79 Å². The Morgan fingerprint density at radius 2 is 1.84 bits per heavy atom. The summed E-state index contributed by atoms with van der Waals surface area (Å²) in [7, 11) is 0. The normalized spacial score (nSPS) is 18.3. The van der Waals surface area contributed by atoms with Gasteiger partial charge >= 0.3 is 0 Å². The summed E-state index contributed by atoms with van der Waals surface area (Å²) in [6.45, 7) is 4.52. The van der Waals surface area contributed by atoms with Gasteiger partial charge in [-0.05, 0) is 63.3 Å². The minimum absolute atomic E-state index is 0.0691. The van der Waals surface area contributed by atoms with Crippen LogP contribution in [0.5, 0.6) is 0 Å². The highest BCUT2D eigenvalue weighted by molar-refractivity contribution is 5.94. The van der Waals surface area contributed by atoms with Gasteiger partial charge in [0.05, 0.1) is 18.3 Å². The van der Waals surface area contributed by atoms with Gasteiger partial charge in [0.1, 0.15) is 5.82 Å². The van der Waals surface area contributed by atoms with E-state index in [1.54, 1.807) is 0 Å². The van der Waals surface area contributed by atoms with E-state index < -0.39 is 0 Å². The van der Waals surface area contributed by atoms with Gasteiger partial charge in [0.15, 0.2) is 5.82 Å². The van der Waals surface area contributed by atoms with Crippen molar-refractivity contribution in [3.05, 3.63) is 83.1 Å². The van der Waals surface area contributed by atoms with Crippen LogP contribution in [0.2, 0.25) is 0 Å². The number of hydrogen-bond acceptors (Lipinski definition) is 5. The van der Waals surface area contributed by atoms with Crippen molar-refractivity contribution in [1.82, 2.24) is 19.9 Å². The van der Waals surface area contributed by atoms with Crippen LogP contribution in [0, 0.1) is 6.92 Å². The number of piperidine rings is 1. The number of carbonyl (C=O) groups excluding carboxylic acids is 1. The molecule has 5 rings (SSSR count). The van der Waals surface area contributed by atoms with Gasteiger partial charge in [0.25, 0.3) is 5.91 Å². The molecule has 4 heterocycles. The Kier molecular flexibility index (Phi) is 5.84.